The van der Waals surface area contributed by atoms with Crippen LogP contribution >= 0.6 is 0 Å². The molecule has 50 valence electrons. The molecule has 0 heterocycles. The van der Waals surface area contributed by atoms with E-state index in [1.54, 1.807) is 0 Å². The smallest absolute Gasteiger partial charge is 0.759 e. The average molecular weight is 194 g/mol. The van der Waals surface area contributed by atoms with Crippen molar-refractivity contribution in [1.82, 2.24) is 0 Å². The van der Waals surface area contributed by atoms with Gasteiger partial charge in [-0.1, -0.05) is 0 Å². The van der Waals surface area contributed by atoms with Crippen molar-refractivity contribution in [2.24, 2.45) is 0 Å². The molecule has 11 heavy (non-hydrogen) atoms. The summed E-state index contributed by atoms with van der Waals surface area (Å²) in [5, 5.41) is 14.5. The van der Waals surface area contributed by atoms with Crippen molar-refractivity contribution in [2.45, 2.75) is 0 Å². The van der Waals surface area contributed by atoms with E-state index in [0.29, 0.717) is 0 Å². The van der Waals surface area contributed by atoms with Crippen LogP contribution < -0.4 is 59.1 Å². The number of hydrogen-bond donors (Lipinski definition) is 0. The van der Waals surface area contributed by atoms with Gasteiger partial charge in [-0.05, 0) is 0 Å². The van der Waals surface area contributed by atoms with Gasteiger partial charge < -0.3 is 9.11 Å². The summed E-state index contributed by atoms with van der Waals surface area (Å²) in [6.45, 7) is 0. The van der Waals surface area contributed by atoms with Crippen LogP contribution in [0.2, 0.25) is 0 Å². The van der Waals surface area contributed by atoms with Crippen molar-refractivity contribution in [2.75, 3.05) is 0 Å². The summed E-state index contributed by atoms with van der Waals surface area (Å²) in [5.41, 5.74) is 0. The second-order valence-electron chi connectivity index (χ2n) is 0.632. The van der Waals surface area contributed by atoms with Crippen molar-refractivity contribution in [1.29, 1.82) is 10.5 Å². The topological polar surface area (TPSA) is 128 Å². The minimum Gasteiger partial charge on any atom is -0.759 e. The molecule has 0 fully saturated rings. The fourth-order valence-corrected chi connectivity index (χ4v) is 0. The van der Waals surface area contributed by atoms with Crippen molar-refractivity contribution >= 4 is 10.4 Å². The Labute approximate surface area is 108 Å². The SMILES string of the molecule is N#CC#N.O=S(=O)([O-])[O-].[Na+].[Na+]. The van der Waals surface area contributed by atoms with Gasteiger partial charge in [0.2, 0.25) is 0 Å². The molecule has 0 aromatic rings. The first-order valence-corrected chi connectivity index (χ1v) is 2.70. The van der Waals surface area contributed by atoms with Crippen molar-refractivity contribution < 1.29 is 76.6 Å². The van der Waals surface area contributed by atoms with E-state index < -0.39 is 10.4 Å². The molecule has 0 N–H and O–H groups in total. The molecule has 0 aliphatic heterocycles. The number of nitriles is 2. The zero-order valence-electron chi connectivity index (χ0n) is 5.94. The summed E-state index contributed by atoms with van der Waals surface area (Å²) in [5.74, 6) is 0. The van der Waals surface area contributed by atoms with E-state index in [0.717, 1.165) is 0 Å². The molecule has 0 aromatic heterocycles. The number of hydrogen-bond acceptors (Lipinski definition) is 6. The number of rotatable bonds is 0. The van der Waals surface area contributed by atoms with Crippen LogP contribution in [-0.2, 0) is 10.4 Å². The molecule has 0 aliphatic rings. The standard InChI is InChI=1S/C2N2.2Na.H2O4S/c3-1-2-4;;;1-5(2,3)4/h;;;(H2,1,2,3,4)/q;2*+1;/p-2. The molecule has 0 unspecified atom stereocenters. The van der Waals surface area contributed by atoms with E-state index in [-0.39, 0.29) is 59.1 Å². The van der Waals surface area contributed by atoms with Gasteiger partial charge in [0.15, 0.2) is 12.1 Å². The zero-order valence-corrected chi connectivity index (χ0v) is 10.8. The summed E-state index contributed by atoms with van der Waals surface area (Å²) in [4.78, 5) is 0. The molecule has 0 rings (SSSR count). The quantitative estimate of drug-likeness (QED) is 0.214. The fraction of sp³-hybridized carbons (Fsp3) is 0. The first-order chi connectivity index (χ1) is 3.91. The minimum atomic E-state index is -5.17. The van der Waals surface area contributed by atoms with E-state index in [4.69, 9.17) is 28.0 Å². The monoisotopic (exact) mass is 194 g/mol. The van der Waals surface area contributed by atoms with Crippen LogP contribution in [0, 0.1) is 22.7 Å². The number of nitrogens with zero attached hydrogens (tertiary/aromatic N) is 2. The minimum absolute atomic E-state index is 0. The molecule has 0 aliphatic carbocycles. The van der Waals surface area contributed by atoms with Crippen LogP contribution in [0.5, 0.6) is 0 Å². The van der Waals surface area contributed by atoms with Crippen molar-refractivity contribution in [3.8, 4) is 12.1 Å². The summed E-state index contributed by atoms with van der Waals surface area (Å²) in [6, 6.07) is 2.47. The summed E-state index contributed by atoms with van der Waals surface area (Å²) in [7, 11) is -5.17. The van der Waals surface area contributed by atoms with Crippen LogP contribution in [0.4, 0.5) is 0 Å². The second-order valence-corrected chi connectivity index (χ2v) is 1.45. The van der Waals surface area contributed by atoms with E-state index in [1.165, 1.54) is 12.1 Å². The zero-order chi connectivity index (χ0) is 7.91. The van der Waals surface area contributed by atoms with Crippen LogP contribution in [0.25, 0.3) is 0 Å². The Balaban J connectivity index is -0.0000000383. The Hall–Kier alpha value is 0.850. The predicted octanol–water partition coefficient (Wildman–Crippen LogP) is -7.30. The van der Waals surface area contributed by atoms with Gasteiger partial charge in [-0.15, -0.1) is 0 Å². The molecule has 0 saturated carbocycles. The first-order valence-electron chi connectivity index (χ1n) is 1.36. The van der Waals surface area contributed by atoms with Crippen LogP contribution in [0.15, 0.2) is 0 Å². The molecular formula is C2N2Na2O4S. The van der Waals surface area contributed by atoms with Gasteiger partial charge in [0.1, 0.15) is 0 Å². The van der Waals surface area contributed by atoms with Gasteiger partial charge in [0, 0.05) is 10.4 Å². The molecular weight excluding hydrogens is 194 g/mol. The van der Waals surface area contributed by atoms with E-state index in [1.807, 2.05) is 0 Å². The molecule has 0 spiro atoms. The Morgan fingerprint density at radius 1 is 1.00 bits per heavy atom. The molecule has 0 atom stereocenters. The molecule has 0 radical (unpaired) electrons. The molecule has 0 bridgehead atoms. The third-order valence-corrected chi connectivity index (χ3v) is 0.0500. The molecule has 0 saturated heterocycles. The Morgan fingerprint density at radius 3 is 1.09 bits per heavy atom. The predicted molar refractivity (Wildman–Crippen MR) is 21.7 cm³/mol. The summed E-state index contributed by atoms with van der Waals surface area (Å²) in [6.07, 6.45) is 0. The van der Waals surface area contributed by atoms with Crippen LogP contribution in [0.1, 0.15) is 0 Å². The van der Waals surface area contributed by atoms with Gasteiger partial charge in [0.05, 0.1) is 0 Å². The molecule has 6 nitrogen and oxygen atoms in total. The fourth-order valence-electron chi connectivity index (χ4n) is 0. The Kier molecular flexibility index (Phi) is 27.7. The molecule has 0 amide bonds. The van der Waals surface area contributed by atoms with Crippen molar-refractivity contribution in [3.05, 3.63) is 0 Å². The third kappa shape index (κ3) is 248. The third-order valence-electron chi connectivity index (χ3n) is 0.0500. The first kappa shape index (κ1) is 22.6. The van der Waals surface area contributed by atoms with Crippen molar-refractivity contribution in [3.63, 3.8) is 0 Å². The largest absolute Gasteiger partial charge is 1.00 e. The normalized spacial score (nSPS) is 6.18. The van der Waals surface area contributed by atoms with Crippen LogP contribution in [-0.4, -0.2) is 17.5 Å². The molecule has 9 heteroatoms. The average Bonchev–Trinajstić information content (AvgIpc) is 1.61. The maximum absolute atomic E-state index is 8.52. The van der Waals surface area contributed by atoms with E-state index in [9.17, 15) is 0 Å². The van der Waals surface area contributed by atoms with Gasteiger partial charge in [-0.25, -0.2) is 0 Å². The van der Waals surface area contributed by atoms with Gasteiger partial charge >= 0.3 is 59.1 Å². The second kappa shape index (κ2) is 13.4. The van der Waals surface area contributed by atoms with Crippen LogP contribution in [0.3, 0.4) is 0 Å². The Morgan fingerprint density at radius 2 is 1.09 bits per heavy atom. The summed E-state index contributed by atoms with van der Waals surface area (Å²) < 4.78 is 34.1. The maximum atomic E-state index is 8.52. The maximum Gasteiger partial charge on any atom is 1.00 e. The van der Waals surface area contributed by atoms with E-state index >= 15 is 0 Å². The summed E-state index contributed by atoms with van der Waals surface area (Å²) >= 11 is 0. The van der Waals surface area contributed by atoms with Gasteiger partial charge in [0.25, 0.3) is 0 Å². The van der Waals surface area contributed by atoms with Gasteiger partial charge in [-0.3, -0.25) is 8.42 Å². The van der Waals surface area contributed by atoms with Gasteiger partial charge in [-0.2, -0.15) is 10.5 Å². The molecule has 0 aromatic carbocycles. The van der Waals surface area contributed by atoms with E-state index in [2.05, 4.69) is 0 Å². The Bertz CT molecular complexity index is 216.